The van der Waals surface area contributed by atoms with E-state index >= 15 is 0 Å². The molecule has 30 heavy (non-hydrogen) atoms. The van der Waals surface area contributed by atoms with Gasteiger partial charge in [-0.15, -0.1) is 0 Å². The molecule has 2 aliphatic rings. The van der Waals surface area contributed by atoms with Crippen molar-refractivity contribution in [2.24, 2.45) is 11.8 Å². The molecule has 0 saturated carbocycles. The molecule has 2 fully saturated rings. The average Bonchev–Trinajstić information content (AvgIpc) is 2.74. The lowest BCUT2D eigenvalue weighted by atomic mass is 9.95. The Bertz CT molecular complexity index is 915. The second kappa shape index (κ2) is 9.42. The summed E-state index contributed by atoms with van der Waals surface area (Å²) in [5.41, 5.74) is 0. The second-order valence-electron chi connectivity index (χ2n) is 8.06. The highest BCUT2D eigenvalue weighted by molar-refractivity contribution is 7.89. The summed E-state index contributed by atoms with van der Waals surface area (Å²) >= 11 is 12.1. The highest BCUT2D eigenvalue weighted by Gasteiger charge is 2.36. The van der Waals surface area contributed by atoms with Crippen molar-refractivity contribution in [2.75, 3.05) is 39.3 Å². The first-order valence-electron chi connectivity index (χ1n) is 10.1. The van der Waals surface area contributed by atoms with Gasteiger partial charge in [0, 0.05) is 45.2 Å². The van der Waals surface area contributed by atoms with Crippen molar-refractivity contribution < 1.29 is 18.0 Å². The van der Waals surface area contributed by atoms with E-state index in [1.165, 1.54) is 16.4 Å². The maximum atomic E-state index is 13.0. The van der Waals surface area contributed by atoms with Crippen LogP contribution in [0.1, 0.15) is 26.7 Å². The first-order chi connectivity index (χ1) is 14.1. The number of piperidine rings is 1. The molecule has 0 bridgehead atoms. The van der Waals surface area contributed by atoms with Crippen molar-refractivity contribution in [3.8, 4) is 0 Å². The zero-order valence-electron chi connectivity index (χ0n) is 17.2. The van der Waals surface area contributed by atoms with Gasteiger partial charge in [-0.25, -0.2) is 8.42 Å². The van der Waals surface area contributed by atoms with Crippen molar-refractivity contribution >= 4 is 45.0 Å². The number of piperazine rings is 1. The number of amides is 2. The van der Waals surface area contributed by atoms with Gasteiger partial charge in [0.05, 0.1) is 16.0 Å². The highest BCUT2D eigenvalue weighted by Crippen LogP contribution is 2.31. The van der Waals surface area contributed by atoms with Gasteiger partial charge < -0.3 is 9.80 Å². The molecule has 0 aromatic heterocycles. The first kappa shape index (κ1) is 23.3. The van der Waals surface area contributed by atoms with Crippen LogP contribution >= 0.6 is 23.2 Å². The Morgan fingerprint density at radius 3 is 2.33 bits per heavy atom. The molecule has 0 aliphatic carbocycles. The molecule has 7 nitrogen and oxygen atoms in total. The summed E-state index contributed by atoms with van der Waals surface area (Å²) in [6.45, 7) is 5.85. The lowest BCUT2D eigenvalue weighted by Crippen LogP contribution is -2.54. The third-order valence-corrected chi connectivity index (χ3v) is 8.53. The first-order valence-corrected chi connectivity index (χ1v) is 12.3. The molecule has 1 unspecified atom stereocenters. The van der Waals surface area contributed by atoms with E-state index in [2.05, 4.69) is 0 Å². The number of rotatable bonds is 4. The smallest absolute Gasteiger partial charge is 0.244 e. The molecule has 1 atom stereocenters. The molecule has 3 rings (SSSR count). The minimum absolute atomic E-state index is 0.00547. The van der Waals surface area contributed by atoms with E-state index in [1.54, 1.807) is 15.9 Å². The number of sulfonamides is 1. The van der Waals surface area contributed by atoms with Gasteiger partial charge in [-0.2, -0.15) is 4.31 Å². The van der Waals surface area contributed by atoms with E-state index in [4.69, 9.17) is 23.2 Å². The van der Waals surface area contributed by atoms with Crippen molar-refractivity contribution in [3.05, 3.63) is 28.2 Å². The summed E-state index contributed by atoms with van der Waals surface area (Å²) in [7, 11) is -3.79. The van der Waals surface area contributed by atoms with Crippen molar-refractivity contribution in [3.63, 3.8) is 0 Å². The van der Waals surface area contributed by atoms with Gasteiger partial charge >= 0.3 is 0 Å². The summed E-state index contributed by atoms with van der Waals surface area (Å²) in [6.07, 6.45) is 1.55. The lowest BCUT2D eigenvalue weighted by molar-refractivity contribution is -0.143. The summed E-state index contributed by atoms with van der Waals surface area (Å²) in [6, 6.07) is 4.52. The van der Waals surface area contributed by atoms with Crippen LogP contribution in [0.2, 0.25) is 10.0 Å². The molecule has 2 heterocycles. The fraction of sp³-hybridized carbons (Fsp3) is 0.600. The predicted molar refractivity (Wildman–Crippen MR) is 116 cm³/mol. The number of nitrogens with zero attached hydrogens (tertiary/aromatic N) is 3. The molecule has 2 aliphatic heterocycles. The van der Waals surface area contributed by atoms with Gasteiger partial charge in [-0.3, -0.25) is 9.59 Å². The van der Waals surface area contributed by atoms with Crippen LogP contribution in [0, 0.1) is 11.8 Å². The van der Waals surface area contributed by atoms with E-state index in [1.807, 2.05) is 13.8 Å². The topological polar surface area (TPSA) is 78.0 Å². The number of likely N-dealkylation sites (tertiary alicyclic amines) is 1. The summed E-state index contributed by atoms with van der Waals surface area (Å²) in [5, 5.41) is 0.194. The number of hydrogen-bond acceptors (Lipinski definition) is 4. The lowest BCUT2D eigenvalue weighted by Gasteiger charge is -2.39. The number of carbonyl (C=O) groups is 2. The largest absolute Gasteiger partial charge is 0.342 e. The molecule has 0 radical (unpaired) electrons. The maximum absolute atomic E-state index is 13.0. The molecule has 1 aromatic rings. The van der Waals surface area contributed by atoms with E-state index in [0.29, 0.717) is 26.2 Å². The molecular formula is C20H27Cl2N3O4S. The van der Waals surface area contributed by atoms with Gasteiger partial charge in [-0.1, -0.05) is 43.1 Å². The van der Waals surface area contributed by atoms with Crippen LogP contribution in [-0.2, 0) is 19.6 Å². The Kier molecular flexibility index (Phi) is 7.32. The van der Waals surface area contributed by atoms with E-state index in [-0.39, 0.29) is 51.7 Å². The summed E-state index contributed by atoms with van der Waals surface area (Å²) < 4.78 is 27.2. The van der Waals surface area contributed by atoms with E-state index in [0.717, 1.165) is 12.8 Å². The Labute approximate surface area is 187 Å². The average molecular weight is 476 g/mol. The van der Waals surface area contributed by atoms with Crippen LogP contribution in [0.25, 0.3) is 0 Å². The molecule has 0 spiro atoms. The fourth-order valence-electron chi connectivity index (χ4n) is 3.97. The van der Waals surface area contributed by atoms with Gasteiger partial charge in [-0.05, 0) is 25.0 Å². The molecule has 0 N–H and O–H groups in total. The third kappa shape index (κ3) is 4.77. The van der Waals surface area contributed by atoms with Gasteiger partial charge in [0.15, 0.2) is 0 Å². The summed E-state index contributed by atoms with van der Waals surface area (Å²) in [4.78, 5) is 28.7. The van der Waals surface area contributed by atoms with Crippen molar-refractivity contribution in [1.82, 2.24) is 14.1 Å². The Hall–Kier alpha value is -1.35. The minimum Gasteiger partial charge on any atom is -0.342 e. The van der Waals surface area contributed by atoms with E-state index < -0.39 is 10.0 Å². The number of halogens is 2. The zero-order valence-corrected chi connectivity index (χ0v) is 19.5. The number of carbonyl (C=O) groups excluding carboxylic acids is 2. The number of benzene rings is 1. The quantitative estimate of drug-likeness (QED) is 0.670. The maximum Gasteiger partial charge on any atom is 0.244 e. The molecule has 2 amide bonds. The van der Waals surface area contributed by atoms with Crippen molar-refractivity contribution in [2.45, 2.75) is 31.6 Å². The standard InChI is InChI=1S/C20H27Cl2N3O4S/c1-14(2)19(26)24-8-4-5-15(13-24)20(27)23-9-11-25(12-10-23)30(28,29)17-7-3-6-16(21)18(17)22/h3,6-7,14-15H,4-5,8-13H2,1-2H3. The zero-order chi connectivity index (χ0) is 22.1. The van der Waals surface area contributed by atoms with Crippen LogP contribution in [0.4, 0.5) is 0 Å². The van der Waals surface area contributed by atoms with E-state index in [9.17, 15) is 18.0 Å². The third-order valence-electron chi connectivity index (χ3n) is 5.66. The van der Waals surface area contributed by atoms with Crippen LogP contribution in [0.15, 0.2) is 23.1 Å². The second-order valence-corrected chi connectivity index (χ2v) is 10.8. The van der Waals surface area contributed by atoms with Crippen LogP contribution in [0.5, 0.6) is 0 Å². The van der Waals surface area contributed by atoms with Gasteiger partial charge in [0.25, 0.3) is 0 Å². The van der Waals surface area contributed by atoms with Crippen LogP contribution in [-0.4, -0.2) is 73.6 Å². The highest BCUT2D eigenvalue weighted by atomic mass is 35.5. The Morgan fingerprint density at radius 2 is 1.70 bits per heavy atom. The molecule has 166 valence electrons. The van der Waals surface area contributed by atoms with Crippen LogP contribution in [0.3, 0.4) is 0 Å². The van der Waals surface area contributed by atoms with Crippen LogP contribution < -0.4 is 0 Å². The minimum atomic E-state index is -3.79. The summed E-state index contributed by atoms with van der Waals surface area (Å²) in [5.74, 6) is -0.256. The monoisotopic (exact) mass is 475 g/mol. The predicted octanol–water partition coefficient (Wildman–Crippen LogP) is 2.72. The number of hydrogen-bond donors (Lipinski definition) is 0. The van der Waals surface area contributed by atoms with Gasteiger partial charge in [0.2, 0.25) is 21.8 Å². The Morgan fingerprint density at radius 1 is 1.03 bits per heavy atom. The molecule has 1 aromatic carbocycles. The van der Waals surface area contributed by atoms with Crippen molar-refractivity contribution in [1.29, 1.82) is 0 Å². The fourth-order valence-corrected chi connectivity index (χ4v) is 6.13. The Balaban J connectivity index is 1.63. The molecule has 10 heteroatoms. The van der Waals surface area contributed by atoms with Gasteiger partial charge in [0.1, 0.15) is 4.90 Å². The SMILES string of the molecule is CC(C)C(=O)N1CCCC(C(=O)N2CCN(S(=O)(=O)c3cccc(Cl)c3Cl)CC2)C1. The molecule has 2 saturated heterocycles. The molecular weight excluding hydrogens is 449 g/mol. The normalized spacial score (nSPS) is 21.2.